The van der Waals surface area contributed by atoms with Gasteiger partial charge in [0.05, 0.1) is 0 Å². The lowest BCUT2D eigenvalue weighted by atomic mass is 9.69. The molecule has 1 aromatic heterocycles. The number of amides is 2. The zero-order chi connectivity index (χ0) is 22.3. The van der Waals surface area contributed by atoms with Gasteiger partial charge in [-0.25, -0.2) is 0 Å². The first-order valence-corrected chi connectivity index (χ1v) is 11.2. The molecule has 3 atom stereocenters. The van der Waals surface area contributed by atoms with Gasteiger partial charge in [-0.05, 0) is 54.1 Å². The summed E-state index contributed by atoms with van der Waals surface area (Å²) in [5.41, 5.74) is 2.26. The Bertz CT molecular complexity index is 735. The van der Waals surface area contributed by atoms with Crippen LogP contribution in [0.4, 0.5) is 0 Å². The summed E-state index contributed by atoms with van der Waals surface area (Å²) < 4.78 is 0. The number of nitrogens with one attached hydrogen (secondary N) is 2. The van der Waals surface area contributed by atoms with E-state index in [9.17, 15) is 9.59 Å². The average molecular weight is 414 g/mol. The first kappa shape index (κ1) is 24.1. The quantitative estimate of drug-likeness (QED) is 0.617. The van der Waals surface area contributed by atoms with Gasteiger partial charge in [-0.15, -0.1) is 0 Å². The Morgan fingerprint density at radius 1 is 1.20 bits per heavy atom. The fourth-order valence-electron chi connectivity index (χ4n) is 4.28. The molecule has 5 heteroatoms. The van der Waals surface area contributed by atoms with E-state index in [1.54, 1.807) is 12.4 Å². The summed E-state index contributed by atoms with van der Waals surface area (Å²) in [6.07, 6.45) is 7.84. The van der Waals surface area contributed by atoms with E-state index in [4.69, 9.17) is 0 Å². The number of hydrogen-bond acceptors (Lipinski definition) is 3. The summed E-state index contributed by atoms with van der Waals surface area (Å²) in [5.74, 6) is 1.74. The van der Waals surface area contributed by atoms with E-state index >= 15 is 0 Å². The highest BCUT2D eigenvalue weighted by Crippen LogP contribution is 2.38. The van der Waals surface area contributed by atoms with Crippen LogP contribution in [-0.2, 0) is 16.1 Å². The fraction of sp³-hybridized carbons (Fsp3) is 0.640. The van der Waals surface area contributed by atoms with Crippen LogP contribution in [0.1, 0.15) is 66.4 Å². The summed E-state index contributed by atoms with van der Waals surface area (Å²) >= 11 is 0. The topological polar surface area (TPSA) is 71.1 Å². The van der Waals surface area contributed by atoms with Gasteiger partial charge in [0.2, 0.25) is 11.8 Å². The van der Waals surface area contributed by atoms with Gasteiger partial charge in [-0.1, -0.05) is 52.3 Å². The highest BCUT2D eigenvalue weighted by atomic mass is 16.2. The van der Waals surface area contributed by atoms with E-state index in [1.807, 2.05) is 12.1 Å². The normalized spacial score (nSPS) is 21.8. The van der Waals surface area contributed by atoms with Crippen LogP contribution in [0.15, 0.2) is 36.2 Å². The Morgan fingerprint density at radius 2 is 1.93 bits per heavy atom. The fourth-order valence-corrected chi connectivity index (χ4v) is 4.28. The van der Waals surface area contributed by atoms with Gasteiger partial charge in [0.1, 0.15) is 0 Å². The van der Waals surface area contributed by atoms with Crippen molar-refractivity contribution in [2.24, 2.45) is 29.1 Å². The monoisotopic (exact) mass is 413 g/mol. The van der Waals surface area contributed by atoms with Crippen molar-refractivity contribution in [1.82, 2.24) is 15.6 Å². The molecule has 0 fully saturated rings. The van der Waals surface area contributed by atoms with Crippen LogP contribution in [-0.4, -0.2) is 23.3 Å². The third kappa shape index (κ3) is 7.92. The summed E-state index contributed by atoms with van der Waals surface area (Å²) in [7, 11) is 0. The lowest BCUT2D eigenvalue weighted by Gasteiger charge is -2.37. The number of carbonyl (C=O) groups excluding carboxylic acids is 2. The Labute approximate surface area is 182 Å². The number of nitrogens with zero attached hydrogens (tertiary/aromatic N) is 1. The van der Waals surface area contributed by atoms with E-state index < -0.39 is 0 Å². The lowest BCUT2D eigenvalue weighted by Crippen LogP contribution is -2.38. The van der Waals surface area contributed by atoms with E-state index in [2.05, 4.69) is 63.2 Å². The van der Waals surface area contributed by atoms with Crippen molar-refractivity contribution in [3.05, 3.63) is 41.7 Å². The Kier molecular flexibility index (Phi) is 8.63. The van der Waals surface area contributed by atoms with Gasteiger partial charge in [0.15, 0.2) is 0 Å². The first-order valence-electron chi connectivity index (χ1n) is 11.2. The molecule has 1 aliphatic carbocycles. The second-order valence-electron chi connectivity index (χ2n) is 10.3. The van der Waals surface area contributed by atoms with Crippen molar-refractivity contribution in [3.63, 3.8) is 0 Å². The SMILES string of the molecule is CC1=C[C@@H](CNC(=O)CC(C)(C)C)[C@H](C(C)C)C[C@H]1CC(=O)NCc1cccnc1. The maximum absolute atomic E-state index is 12.5. The van der Waals surface area contributed by atoms with Gasteiger partial charge in [-0.2, -0.15) is 0 Å². The van der Waals surface area contributed by atoms with Gasteiger partial charge in [0, 0.05) is 38.3 Å². The Balaban J connectivity index is 1.93. The van der Waals surface area contributed by atoms with E-state index in [0.29, 0.717) is 43.7 Å². The number of carbonyl (C=O) groups is 2. The van der Waals surface area contributed by atoms with Gasteiger partial charge in [-0.3, -0.25) is 14.6 Å². The number of hydrogen-bond donors (Lipinski definition) is 2. The first-order chi connectivity index (χ1) is 14.0. The third-order valence-electron chi connectivity index (χ3n) is 5.95. The molecule has 5 nitrogen and oxygen atoms in total. The van der Waals surface area contributed by atoms with Gasteiger partial charge >= 0.3 is 0 Å². The zero-order valence-corrected chi connectivity index (χ0v) is 19.5. The molecule has 2 rings (SSSR count). The molecular formula is C25H39N3O2. The molecule has 0 radical (unpaired) electrons. The van der Waals surface area contributed by atoms with E-state index in [0.717, 1.165) is 12.0 Å². The Hall–Kier alpha value is -2.17. The van der Waals surface area contributed by atoms with Crippen molar-refractivity contribution in [3.8, 4) is 0 Å². The summed E-state index contributed by atoms with van der Waals surface area (Å²) in [6, 6.07) is 3.84. The van der Waals surface area contributed by atoms with Crippen molar-refractivity contribution >= 4 is 11.8 Å². The molecule has 0 bridgehead atoms. The molecular weight excluding hydrogens is 374 g/mol. The third-order valence-corrected chi connectivity index (χ3v) is 5.95. The molecule has 1 heterocycles. The van der Waals surface area contributed by atoms with Crippen molar-refractivity contribution < 1.29 is 9.59 Å². The lowest BCUT2D eigenvalue weighted by molar-refractivity contribution is -0.123. The molecule has 1 aliphatic rings. The number of allylic oxidation sites excluding steroid dienone is 1. The van der Waals surface area contributed by atoms with E-state index in [-0.39, 0.29) is 23.1 Å². The summed E-state index contributed by atoms with van der Waals surface area (Å²) in [4.78, 5) is 28.9. The maximum atomic E-state index is 12.5. The van der Waals surface area contributed by atoms with Crippen LogP contribution < -0.4 is 10.6 Å². The molecule has 166 valence electrons. The molecule has 0 aromatic carbocycles. The second-order valence-corrected chi connectivity index (χ2v) is 10.3. The molecule has 0 saturated heterocycles. The molecule has 2 N–H and O–H groups in total. The van der Waals surface area contributed by atoms with Crippen molar-refractivity contribution in [2.45, 2.75) is 67.3 Å². The highest BCUT2D eigenvalue weighted by Gasteiger charge is 2.32. The van der Waals surface area contributed by atoms with Crippen LogP contribution in [0.2, 0.25) is 0 Å². The van der Waals surface area contributed by atoms with Crippen LogP contribution in [0, 0.1) is 29.1 Å². The smallest absolute Gasteiger partial charge is 0.220 e. The largest absolute Gasteiger partial charge is 0.355 e. The predicted octanol–water partition coefficient (Wildman–Crippen LogP) is 4.49. The molecule has 0 aliphatic heterocycles. The second kappa shape index (κ2) is 10.7. The minimum atomic E-state index is -0.00583. The molecule has 0 unspecified atom stereocenters. The minimum absolute atomic E-state index is 0.00583. The van der Waals surface area contributed by atoms with Crippen LogP contribution in [0.3, 0.4) is 0 Å². The standard InChI is InChI=1S/C25H39N3O2/c1-17(2)22-11-20(12-23(29)27-15-19-8-7-9-26-14-19)18(3)10-21(22)16-28-24(30)13-25(4,5)6/h7-10,14,17,20-22H,11-13,15-16H2,1-6H3,(H,27,29)(H,28,30)/t20-,21-,22-/m0/s1. The van der Waals surface area contributed by atoms with Crippen LogP contribution in [0.25, 0.3) is 0 Å². The van der Waals surface area contributed by atoms with Crippen molar-refractivity contribution in [2.75, 3.05) is 6.54 Å². The minimum Gasteiger partial charge on any atom is -0.355 e. The van der Waals surface area contributed by atoms with Crippen LogP contribution in [0.5, 0.6) is 0 Å². The van der Waals surface area contributed by atoms with Crippen molar-refractivity contribution in [1.29, 1.82) is 0 Å². The van der Waals surface area contributed by atoms with E-state index in [1.165, 1.54) is 5.57 Å². The summed E-state index contributed by atoms with van der Waals surface area (Å²) in [5, 5.41) is 6.16. The molecule has 0 saturated carbocycles. The predicted molar refractivity (Wildman–Crippen MR) is 121 cm³/mol. The Morgan fingerprint density at radius 3 is 2.53 bits per heavy atom. The zero-order valence-electron chi connectivity index (χ0n) is 19.5. The van der Waals surface area contributed by atoms with Gasteiger partial charge < -0.3 is 10.6 Å². The number of rotatable bonds is 8. The highest BCUT2D eigenvalue weighted by molar-refractivity contribution is 5.77. The summed E-state index contributed by atoms with van der Waals surface area (Å²) in [6.45, 7) is 14.0. The van der Waals surface area contributed by atoms with Crippen LogP contribution >= 0.6 is 0 Å². The number of pyridine rings is 1. The molecule has 0 spiro atoms. The number of aromatic nitrogens is 1. The van der Waals surface area contributed by atoms with Gasteiger partial charge in [0.25, 0.3) is 0 Å². The molecule has 1 aromatic rings. The molecule has 30 heavy (non-hydrogen) atoms. The maximum Gasteiger partial charge on any atom is 0.220 e. The average Bonchev–Trinajstić information content (AvgIpc) is 2.65. The molecule has 2 amide bonds.